The molecule has 0 aromatic carbocycles. The summed E-state index contributed by atoms with van der Waals surface area (Å²) < 4.78 is 4.86. The van der Waals surface area contributed by atoms with Gasteiger partial charge in [-0.15, -0.1) is 0 Å². The SMILES string of the molecule is CCOC(=O)CCCCCCCCC[NH3+]. The van der Waals surface area contributed by atoms with Gasteiger partial charge in [0.05, 0.1) is 13.2 Å². The predicted molar refractivity (Wildman–Crippen MR) is 61.3 cm³/mol. The van der Waals surface area contributed by atoms with Crippen molar-refractivity contribution in [3.05, 3.63) is 0 Å². The second-order valence-electron chi connectivity index (χ2n) is 3.88. The standard InChI is InChI=1S/C12H25NO2/c1-2-15-12(14)10-8-6-4-3-5-7-9-11-13/h2-11,13H2,1H3/p+1. The van der Waals surface area contributed by atoms with Crippen molar-refractivity contribution < 1.29 is 15.3 Å². The molecule has 0 rings (SSSR count). The summed E-state index contributed by atoms with van der Waals surface area (Å²) in [5.74, 6) is -0.0467. The Labute approximate surface area is 93.4 Å². The van der Waals surface area contributed by atoms with E-state index in [9.17, 15) is 4.79 Å². The van der Waals surface area contributed by atoms with Crippen molar-refractivity contribution in [2.45, 2.75) is 58.3 Å². The van der Waals surface area contributed by atoms with Gasteiger partial charge in [-0.2, -0.15) is 0 Å². The molecule has 0 aliphatic heterocycles. The quantitative estimate of drug-likeness (QED) is 0.448. The number of carbonyl (C=O) groups excluding carboxylic acids is 1. The molecule has 15 heavy (non-hydrogen) atoms. The second kappa shape index (κ2) is 11.5. The minimum Gasteiger partial charge on any atom is -0.466 e. The van der Waals surface area contributed by atoms with Crippen molar-refractivity contribution in [1.82, 2.24) is 0 Å². The monoisotopic (exact) mass is 216 g/mol. The second-order valence-corrected chi connectivity index (χ2v) is 3.88. The lowest BCUT2D eigenvalue weighted by Gasteiger charge is -2.02. The first kappa shape index (κ1) is 14.4. The van der Waals surface area contributed by atoms with Gasteiger partial charge in [0.15, 0.2) is 0 Å². The number of ether oxygens (including phenoxy) is 1. The van der Waals surface area contributed by atoms with Crippen LogP contribution in [0.15, 0.2) is 0 Å². The molecule has 0 aromatic heterocycles. The van der Waals surface area contributed by atoms with Gasteiger partial charge in [-0.05, 0) is 26.2 Å². The predicted octanol–water partition coefficient (Wildman–Crippen LogP) is 1.91. The van der Waals surface area contributed by atoms with Gasteiger partial charge in [0, 0.05) is 6.42 Å². The van der Waals surface area contributed by atoms with E-state index in [2.05, 4.69) is 5.73 Å². The molecule has 90 valence electrons. The fourth-order valence-corrected chi connectivity index (χ4v) is 1.56. The lowest BCUT2D eigenvalue weighted by molar-refractivity contribution is -0.368. The summed E-state index contributed by atoms with van der Waals surface area (Å²) in [6, 6.07) is 0. The average molecular weight is 216 g/mol. The van der Waals surface area contributed by atoms with E-state index in [1.54, 1.807) is 0 Å². The maximum Gasteiger partial charge on any atom is 0.305 e. The summed E-state index contributed by atoms with van der Waals surface area (Å²) in [7, 11) is 0. The van der Waals surface area contributed by atoms with Crippen molar-refractivity contribution in [2.75, 3.05) is 13.2 Å². The van der Waals surface area contributed by atoms with Crippen LogP contribution in [0.5, 0.6) is 0 Å². The van der Waals surface area contributed by atoms with E-state index in [1.807, 2.05) is 6.92 Å². The fourth-order valence-electron chi connectivity index (χ4n) is 1.56. The Bertz CT molecular complexity index is 149. The van der Waals surface area contributed by atoms with E-state index in [0.29, 0.717) is 13.0 Å². The van der Waals surface area contributed by atoms with E-state index in [4.69, 9.17) is 4.74 Å². The van der Waals surface area contributed by atoms with Gasteiger partial charge in [-0.25, -0.2) is 0 Å². The molecule has 3 N–H and O–H groups in total. The molecule has 0 fully saturated rings. The van der Waals surface area contributed by atoms with Crippen LogP contribution in [0.25, 0.3) is 0 Å². The number of carbonyl (C=O) groups is 1. The molecule has 0 saturated carbocycles. The number of esters is 1. The number of hydrogen-bond acceptors (Lipinski definition) is 2. The van der Waals surface area contributed by atoms with E-state index < -0.39 is 0 Å². The smallest absolute Gasteiger partial charge is 0.305 e. The van der Waals surface area contributed by atoms with Gasteiger partial charge < -0.3 is 10.5 Å². The molecule has 0 atom stereocenters. The van der Waals surface area contributed by atoms with Gasteiger partial charge in [-0.3, -0.25) is 4.79 Å². The number of hydrogen-bond donors (Lipinski definition) is 1. The molecule has 0 radical (unpaired) electrons. The van der Waals surface area contributed by atoms with Gasteiger partial charge >= 0.3 is 5.97 Å². The number of quaternary nitrogens is 1. The van der Waals surface area contributed by atoms with Crippen molar-refractivity contribution >= 4 is 5.97 Å². The molecule has 0 aliphatic rings. The first-order valence-electron chi connectivity index (χ1n) is 6.26. The summed E-state index contributed by atoms with van der Waals surface area (Å²) in [6.07, 6.45) is 9.14. The van der Waals surface area contributed by atoms with Crippen LogP contribution in [-0.2, 0) is 9.53 Å². The summed E-state index contributed by atoms with van der Waals surface area (Å²) >= 11 is 0. The molecule has 0 unspecified atom stereocenters. The minimum atomic E-state index is -0.0467. The first-order valence-corrected chi connectivity index (χ1v) is 6.26. The van der Waals surface area contributed by atoms with Crippen LogP contribution in [0.3, 0.4) is 0 Å². The Morgan fingerprint density at radius 2 is 1.53 bits per heavy atom. The maximum atomic E-state index is 11.0. The summed E-state index contributed by atoms with van der Waals surface area (Å²) in [5.41, 5.74) is 3.82. The van der Waals surface area contributed by atoms with E-state index in [0.717, 1.165) is 19.4 Å². The van der Waals surface area contributed by atoms with E-state index in [1.165, 1.54) is 32.1 Å². The molecule has 3 heteroatoms. The van der Waals surface area contributed by atoms with Crippen LogP contribution in [0.4, 0.5) is 0 Å². The third-order valence-electron chi connectivity index (χ3n) is 2.44. The molecular weight excluding hydrogens is 190 g/mol. The van der Waals surface area contributed by atoms with Gasteiger partial charge in [0.1, 0.15) is 0 Å². The summed E-state index contributed by atoms with van der Waals surface area (Å²) in [5, 5.41) is 0. The highest BCUT2D eigenvalue weighted by Gasteiger charge is 2.00. The van der Waals surface area contributed by atoms with Crippen LogP contribution in [0, 0.1) is 0 Å². The zero-order chi connectivity index (χ0) is 11.4. The lowest BCUT2D eigenvalue weighted by Crippen LogP contribution is -2.50. The molecule has 0 saturated heterocycles. The van der Waals surface area contributed by atoms with Crippen molar-refractivity contribution in [3.63, 3.8) is 0 Å². The van der Waals surface area contributed by atoms with E-state index in [-0.39, 0.29) is 5.97 Å². The first-order chi connectivity index (χ1) is 7.31. The largest absolute Gasteiger partial charge is 0.466 e. The molecule has 0 aromatic rings. The van der Waals surface area contributed by atoms with Crippen LogP contribution < -0.4 is 5.73 Å². The highest BCUT2D eigenvalue weighted by molar-refractivity contribution is 5.69. The Morgan fingerprint density at radius 3 is 2.07 bits per heavy atom. The molecule has 0 heterocycles. The van der Waals surface area contributed by atoms with Crippen LogP contribution in [-0.4, -0.2) is 19.1 Å². The third kappa shape index (κ3) is 11.4. The molecule has 0 aliphatic carbocycles. The van der Waals surface area contributed by atoms with Crippen molar-refractivity contribution in [3.8, 4) is 0 Å². The molecule has 3 nitrogen and oxygen atoms in total. The Hall–Kier alpha value is -0.570. The molecule has 0 amide bonds. The number of unbranched alkanes of at least 4 members (excludes halogenated alkanes) is 6. The van der Waals surface area contributed by atoms with E-state index >= 15 is 0 Å². The zero-order valence-electron chi connectivity index (χ0n) is 10.1. The van der Waals surface area contributed by atoms with Crippen LogP contribution >= 0.6 is 0 Å². The Kier molecular flexibility index (Phi) is 11.1. The molecule has 0 spiro atoms. The Morgan fingerprint density at radius 1 is 1.00 bits per heavy atom. The number of rotatable bonds is 10. The van der Waals surface area contributed by atoms with Gasteiger partial charge in [0.2, 0.25) is 0 Å². The van der Waals surface area contributed by atoms with Gasteiger partial charge in [0.25, 0.3) is 0 Å². The van der Waals surface area contributed by atoms with Crippen molar-refractivity contribution in [1.29, 1.82) is 0 Å². The maximum absolute atomic E-state index is 11.0. The molecule has 0 bridgehead atoms. The minimum absolute atomic E-state index is 0.0467. The normalized spacial score (nSPS) is 10.3. The fraction of sp³-hybridized carbons (Fsp3) is 0.917. The highest BCUT2D eigenvalue weighted by Crippen LogP contribution is 2.08. The zero-order valence-corrected chi connectivity index (χ0v) is 10.1. The lowest BCUT2D eigenvalue weighted by atomic mass is 10.1. The summed E-state index contributed by atoms with van der Waals surface area (Å²) in [4.78, 5) is 11.0. The topological polar surface area (TPSA) is 53.9 Å². The van der Waals surface area contributed by atoms with Crippen LogP contribution in [0.2, 0.25) is 0 Å². The molecular formula is C12H26NO2+. The Balaban J connectivity index is 3.01. The van der Waals surface area contributed by atoms with Crippen molar-refractivity contribution in [2.24, 2.45) is 0 Å². The average Bonchev–Trinajstić information content (AvgIpc) is 2.22. The van der Waals surface area contributed by atoms with Gasteiger partial charge in [-0.1, -0.05) is 25.7 Å². The highest BCUT2D eigenvalue weighted by atomic mass is 16.5. The third-order valence-corrected chi connectivity index (χ3v) is 2.44. The summed E-state index contributed by atoms with van der Waals surface area (Å²) in [6.45, 7) is 3.41. The van der Waals surface area contributed by atoms with Crippen LogP contribution in [0.1, 0.15) is 58.3 Å².